The molecule has 3 rings (SSSR count). The normalized spacial score (nSPS) is 20.2. The van der Waals surface area contributed by atoms with Crippen LogP contribution in [-0.4, -0.2) is 45.5 Å². The van der Waals surface area contributed by atoms with Crippen molar-refractivity contribution in [2.24, 2.45) is 0 Å². The maximum Gasteiger partial charge on any atom is 0.272 e. The highest BCUT2D eigenvalue weighted by Crippen LogP contribution is 2.24. The van der Waals surface area contributed by atoms with E-state index >= 15 is 0 Å². The molecular weight excluding hydrogens is 324 g/mol. The Hall–Kier alpha value is -2.28. The maximum absolute atomic E-state index is 12.6. The minimum absolute atomic E-state index is 0.0347. The van der Waals surface area contributed by atoms with Crippen LogP contribution >= 0.6 is 11.3 Å². The molecule has 126 valence electrons. The highest BCUT2D eigenvalue weighted by molar-refractivity contribution is 7.13. The Balaban J connectivity index is 1.64. The molecule has 2 atom stereocenters. The fourth-order valence-corrected chi connectivity index (χ4v) is 3.71. The quantitative estimate of drug-likeness (QED) is 0.926. The molecule has 3 heterocycles. The summed E-state index contributed by atoms with van der Waals surface area (Å²) in [5.41, 5.74) is 1.07. The summed E-state index contributed by atoms with van der Waals surface area (Å²) in [5, 5.41) is 10.8. The molecule has 1 aliphatic heterocycles. The SMILES string of the molecule is Cc1ccc(C(=O)NC2CC(C)N(C(=O)c3ccc(C)s3)C2)nn1. The van der Waals surface area contributed by atoms with Gasteiger partial charge < -0.3 is 10.2 Å². The van der Waals surface area contributed by atoms with E-state index in [1.54, 1.807) is 12.1 Å². The maximum atomic E-state index is 12.6. The van der Waals surface area contributed by atoms with Gasteiger partial charge >= 0.3 is 0 Å². The van der Waals surface area contributed by atoms with Crippen molar-refractivity contribution in [1.29, 1.82) is 0 Å². The molecule has 2 aromatic rings. The van der Waals surface area contributed by atoms with Gasteiger partial charge in [-0.3, -0.25) is 9.59 Å². The van der Waals surface area contributed by atoms with Gasteiger partial charge in [0.25, 0.3) is 11.8 Å². The third-order valence-corrected chi connectivity index (χ3v) is 5.14. The van der Waals surface area contributed by atoms with Gasteiger partial charge in [-0.2, -0.15) is 5.10 Å². The fraction of sp³-hybridized carbons (Fsp3) is 0.412. The Bertz CT molecular complexity index is 756. The smallest absolute Gasteiger partial charge is 0.272 e. The minimum atomic E-state index is -0.249. The lowest BCUT2D eigenvalue weighted by molar-refractivity contribution is 0.0745. The Kier molecular flexibility index (Phi) is 4.62. The van der Waals surface area contributed by atoms with Gasteiger partial charge in [0, 0.05) is 23.5 Å². The molecule has 1 N–H and O–H groups in total. The number of rotatable bonds is 3. The summed E-state index contributed by atoms with van der Waals surface area (Å²) in [6.45, 7) is 6.34. The molecule has 7 heteroatoms. The van der Waals surface area contributed by atoms with E-state index in [4.69, 9.17) is 0 Å². The first-order chi connectivity index (χ1) is 11.4. The Labute approximate surface area is 144 Å². The second-order valence-electron chi connectivity index (χ2n) is 6.18. The lowest BCUT2D eigenvalue weighted by atomic mass is 10.2. The molecule has 1 saturated heterocycles. The molecule has 2 unspecified atom stereocenters. The molecule has 0 aliphatic carbocycles. The standard InChI is InChI=1S/C17H20N4O2S/c1-10-4-6-14(20-19-10)16(22)18-13-8-11(2)21(9-13)17(23)15-7-5-12(3)24-15/h4-7,11,13H,8-9H2,1-3H3,(H,18,22). The van der Waals surface area contributed by atoms with Gasteiger partial charge in [0.15, 0.2) is 5.69 Å². The van der Waals surface area contributed by atoms with E-state index in [-0.39, 0.29) is 23.9 Å². The highest BCUT2D eigenvalue weighted by atomic mass is 32.1. The van der Waals surface area contributed by atoms with Gasteiger partial charge in [-0.05, 0) is 51.5 Å². The van der Waals surface area contributed by atoms with E-state index in [9.17, 15) is 9.59 Å². The van der Waals surface area contributed by atoms with Crippen molar-refractivity contribution < 1.29 is 9.59 Å². The second-order valence-corrected chi connectivity index (χ2v) is 7.47. The van der Waals surface area contributed by atoms with Crippen LogP contribution in [0.4, 0.5) is 0 Å². The number of thiophene rings is 1. The number of carbonyl (C=O) groups is 2. The van der Waals surface area contributed by atoms with Crippen LogP contribution in [0.15, 0.2) is 24.3 Å². The lowest BCUT2D eigenvalue weighted by Gasteiger charge is -2.20. The predicted octanol–water partition coefficient (Wildman–Crippen LogP) is 2.19. The molecule has 0 saturated carbocycles. The van der Waals surface area contributed by atoms with Crippen LogP contribution in [0.3, 0.4) is 0 Å². The Morgan fingerprint density at radius 1 is 1.21 bits per heavy atom. The summed E-state index contributed by atoms with van der Waals surface area (Å²) < 4.78 is 0. The van der Waals surface area contributed by atoms with Crippen molar-refractivity contribution in [3.8, 4) is 0 Å². The van der Waals surface area contributed by atoms with Crippen LogP contribution in [0.2, 0.25) is 0 Å². The summed E-state index contributed by atoms with van der Waals surface area (Å²) >= 11 is 1.50. The average molecular weight is 344 g/mol. The molecule has 0 radical (unpaired) electrons. The number of carbonyl (C=O) groups excluding carboxylic acids is 2. The number of hydrogen-bond acceptors (Lipinski definition) is 5. The summed E-state index contributed by atoms with van der Waals surface area (Å²) in [6, 6.07) is 7.26. The van der Waals surface area contributed by atoms with Crippen molar-refractivity contribution >= 4 is 23.2 Å². The lowest BCUT2D eigenvalue weighted by Crippen LogP contribution is -2.39. The van der Waals surface area contributed by atoms with Crippen LogP contribution in [-0.2, 0) is 0 Å². The molecule has 0 bridgehead atoms. The minimum Gasteiger partial charge on any atom is -0.346 e. The molecule has 24 heavy (non-hydrogen) atoms. The molecule has 1 aliphatic rings. The zero-order valence-electron chi connectivity index (χ0n) is 13.9. The highest BCUT2D eigenvalue weighted by Gasteiger charge is 2.34. The monoisotopic (exact) mass is 344 g/mol. The van der Waals surface area contributed by atoms with Crippen LogP contribution in [0, 0.1) is 13.8 Å². The third-order valence-electron chi connectivity index (χ3n) is 4.15. The fourth-order valence-electron chi connectivity index (χ4n) is 2.89. The molecule has 6 nitrogen and oxygen atoms in total. The summed E-state index contributed by atoms with van der Waals surface area (Å²) in [5.74, 6) is -0.214. The largest absolute Gasteiger partial charge is 0.346 e. The predicted molar refractivity (Wildman–Crippen MR) is 92.2 cm³/mol. The van der Waals surface area contributed by atoms with E-state index in [1.165, 1.54) is 11.3 Å². The first-order valence-corrected chi connectivity index (χ1v) is 8.74. The van der Waals surface area contributed by atoms with E-state index in [2.05, 4.69) is 15.5 Å². The number of amides is 2. The van der Waals surface area contributed by atoms with Gasteiger partial charge in [0.2, 0.25) is 0 Å². The molecule has 1 fully saturated rings. The van der Waals surface area contributed by atoms with E-state index < -0.39 is 0 Å². The number of aromatic nitrogens is 2. The van der Waals surface area contributed by atoms with Crippen LogP contribution < -0.4 is 5.32 Å². The van der Waals surface area contributed by atoms with E-state index in [1.807, 2.05) is 37.8 Å². The summed E-state index contributed by atoms with van der Waals surface area (Å²) in [7, 11) is 0. The number of aryl methyl sites for hydroxylation is 2. The first kappa shape index (κ1) is 16.6. The van der Waals surface area contributed by atoms with Gasteiger partial charge in [0.05, 0.1) is 10.6 Å². The summed E-state index contributed by atoms with van der Waals surface area (Å²) in [6.07, 6.45) is 0.737. The second kappa shape index (κ2) is 6.68. The van der Waals surface area contributed by atoms with Crippen molar-refractivity contribution in [1.82, 2.24) is 20.4 Å². The molecule has 2 aromatic heterocycles. The van der Waals surface area contributed by atoms with Crippen molar-refractivity contribution in [3.63, 3.8) is 0 Å². The van der Waals surface area contributed by atoms with Gasteiger partial charge in [-0.25, -0.2) is 0 Å². The topological polar surface area (TPSA) is 75.2 Å². The molecular formula is C17H20N4O2S. The number of likely N-dealkylation sites (tertiary alicyclic amines) is 1. The van der Waals surface area contributed by atoms with Crippen LogP contribution in [0.25, 0.3) is 0 Å². The number of nitrogens with zero attached hydrogens (tertiary/aromatic N) is 3. The van der Waals surface area contributed by atoms with Crippen molar-refractivity contribution in [2.75, 3.05) is 6.54 Å². The van der Waals surface area contributed by atoms with Gasteiger partial charge in [0.1, 0.15) is 0 Å². The number of nitrogens with one attached hydrogen (secondary N) is 1. The molecule has 2 amide bonds. The van der Waals surface area contributed by atoms with Crippen LogP contribution in [0.1, 0.15) is 44.1 Å². The molecule has 0 aromatic carbocycles. The number of hydrogen-bond donors (Lipinski definition) is 1. The van der Waals surface area contributed by atoms with Crippen molar-refractivity contribution in [3.05, 3.63) is 45.4 Å². The van der Waals surface area contributed by atoms with E-state index in [0.717, 1.165) is 21.9 Å². The Morgan fingerprint density at radius 3 is 2.62 bits per heavy atom. The van der Waals surface area contributed by atoms with E-state index in [0.29, 0.717) is 12.2 Å². The van der Waals surface area contributed by atoms with Gasteiger partial charge in [-0.1, -0.05) is 0 Å². The van der Waals surface area contributed by atoms with Crippen LogP contribution in [0.5, 0.6) is 0 Å². The zero-order chi connectivity index (χ0) is 17.3. The average Bonchev–Trinajstić information content (AvgIpc) is 3.13. The zero-order valence-corrected chi connectivity index (χ0v) is 14.8. The van der Waals surface area contributed by atoms with Crippen molar-refractivity contribution in [2.45, 2.75) is 39.3 Å². The Morgan fingerprint density at radius 2 is 2.00 bits per heavy atom. The summed E-state index contributed by atoms with van der Waals surface area (Å²) in [4.78, 5) is 28.6. The van der Waals surface area contributed by atoms with Gasteiger partial charge in [-0.15, -0.1) is 16.4 Å². The first-order valence-electron chi connectivity index (χ1n) is 7.92. The third kappa shape index (κ3) is 3.46. The molecule has 0 spiro atoms.